The van der Waals surface area contributed by atoms with Crippen LogP contribution < -0.4 is 15.4 Å². The predicted octanol–water partition coefficient (Wildman–Crippen LogP) is 3.00. The lowest BCUT2D eigenvalue weighted by Crippen LogP contribution is -2.45. The number of hydrogen-bond acceptors (Lipinski definition) is 5. The third-order valence-electron chi connectivity index (χ3n) is 5.69. The summed E-state index contributed by atoms with van der Waals surface area (Å²) in [5.41, 5.74) is 2.54. The van der Waals surface area contributed by atoms with E-state index in [1.54, 1.807) is 36.4 Å². The molecule has 178 valence electrons. The van der Waals surface area contributed by atoms with E-state index in [2.05, 4.69) is 10.6 Å². The summed E-state index contributed by atoms with van der Waals surface area (Å²) in [5.74, 6) is -0.896. The van der Waals surface area contributed by atoms with E-state index in [1.807, 2.05) is 19.9 Å². The number of ether oxygens (including phenoxy) is 1. The molecule has 0 bridgehead atoms. The second kappa shape index (κ2) is 10.8. The zero-order valence-electron chi connectivity index (χ0n) is 19.3. The van der Waals surface area contributed by atoms with Crippen LogP contribution in [0.3, 0.4) is 0 Å². The van der Waals surface area contributed by atoms with Gasteiger partial charge in [-0.15, -0.1) is 0 Å². The van der Waals surface area contributed by atoms with Crippen molar-refractivity contribution in [2.45, 2.75) is 50.5 Å². The standard InChI is InChI=1S/C24H31N3O5S/c1-17-14-18(2)16-19(15-17)26-24(29)23(28)25-12-11-20-6-4-5-13-27(20)33(30,31)22-9-7-21(32-3)8-10-22/h7-10,14-16,20H,4-6,11-13H2,1-3H3,(H,25,28)(H,26,29)/t20-/m0/s1. The number of hydrogen-bond donors (Lipinski definition) is 2. The Hall–Kier alpha value is -2.91. The number of rotatable bonds is 7. The van der Waals surface area contributed by atoms with Gasteiger partial charge in [0.2, 0.25) is 10.0 Å². The van der Waals surface area contributed by atoms with E-state index < -0.39 is 21.8 Å². The Bertz CT molecular complexity index is 1080. The molecule has 1 fully saturated rings. The number of benzene rings is 2. The fourth-order valence-corrected chi connectivity index (χ4v) is 5.85. The molecule has 1 heterocycles. The summed E-state index contributed by atoms with van der Waals surface area (Å²) in [6.45, 7) is 4.47. The summed E-state index contributed by atoms with van der Waals surface area (Å²) >= 11 is 0. The van der Waals surface area contributed by atoms with E-state index in [4.69, 9.17) is 4.74 Å². The number of carbonyl (C=O) groups excluding carboxylic acids is 2. The third kappa shape index (κ3) is 6.33. The van der Waals surface area contributed by atoms with Gasteiger partial charge in [-0.2, -0.15) is 4.31 Å². The molecule has 0 saturated carbocycles. The van der Waals surface area contributed by atoms with Crippen molar-refractivity contribution in [1.82, 2.24) is 9.62 Å². The second-order valence-electron chi connectivity index (χ2n) is 8.32. The predicted molar refractivity (Wildman–Crippen MR) is 127 cm³/mol. The molecule has 0 aromatic heterocycles. The van der Waals surface area contributed by atoms with Crippen molar-refractivity contribution in [3.63, 3.8) is 0 Å². The Kier molecular flexibility index (Phi) is 8.10. The number of sulfonamides is 1. The number of anilines is 1. The zero-order chi connectivity index (χ0) is 24.0. The molecule has 8 nitrogen and oxygen atoms in total. The minimum atomic E-state index is -3.67. The molecule has 0 radical (unpaired) electrons. The third-order valence-corrected chi connectivity index (χ3v) is 7.65. The Balaban J connectivity index is 1.58. The molecule has 1 aliphatic heterocycles. The van der Waals surface area contributed by atoms with Gasteiger partial charge >= 0.3 is 11.8 Å². The summed E-state index contributed by atoms with van der Waals surface area (Å²) in [7, 11) is -2.14. The summed E-state index contributed by atoms with van der Waals surface area (Å²) in [6.07, 6.45) is 2.84. The van der Waals surface area contributed by atoms with E-state index in [-0.39, 0.29) is 17.5 Å². The summed E-state index contributed by atoms with van der Waals surface area (Å²) < 4.78 is 33.0. The topological polar surface area (TPSA) is 105 Å². The Morgan fingerprint density at radius 1 is 1.03 bits per heavy atom. The maximum absolute atomic E-state index is 13.2. The lowest BCUT2D eigenvalue weighted by Gasteiger charge is -2.34. The number of nitrogens with one attached hydrogen (secondary N) is 2. The van der Waals surface area contributed by atoms with Gasteiger partial charge in [-0.1, -0.05) is 12.5 Å². The largest absolute Gasteiger partial charge is 0.497 e. The molecule has 2 amide bonds. The highest BCUT2D eigenvalue weighted by Gasteiger charge is 2.33. The molecule has 9 heteroatoms. The Morgan fingerprint density at radius 3 is 2.33 bits per heavy atom. The van der Waals surface area contributed by atoms with Gasteiger partial charge < -0.3 is 15.4 Å². The molecule has 1 aliphatic rings. The fraction of sp³-hybridized carbons (Fsp3) is 0.417. The molecule has 0 unspecified atom stereocenters. The zero-order valence-corrected chi connectivity index (χ0v) is 20.1. The second-order valence-corrected chi connectivity index (χ2v) is 10.2. The molecule has 2 N–H and O–H groups in total. The van der Waals surface area contributed by atoms with Crippen LogP contribution in [0.1, 0.15) is 36.8 Å². The maximum atomic E-state index is 13.2. The molecule has 1 saturated heterocycles. The minimum Gasteiger partial charge on any atom is -0.497 e. The number of aryl methyl sites for hydroxylation is 2. The normalized spacial score (nSPS) is 16.8. The van der Waals surface area contributed by atoms with Crippen molar-refractivity contribution in [1.29, 1.82) is 0 Å². The Morgan fingerprint density at radius 2 is 1.70 bits per heavy atom. The highest BCUT2D eigenvalue weighted by molar-refractivity contribution is 7.89. The highest BCUT2D eigenvalue weighted by Crippen LogP contribution is 2.28. The molecule has 2 aromatic carbocycles. The van der Waals surface area contributed by atoms with E-state index in [9.17, 15) is 18.0 Å². The molecule has 1 atom stereocenters. The number of nitrogens with zero attached hydrogens (tertiary/aromatic N) is 1. The van der Waals surface area contributed by atoms with Crippen LogP contribution in [-0.4, -0.2) is 50.8 Å². The number of methoxy groups -OCH3 is 1. The van der Waals surface area contributed by atoms with Crippen molar-refractivity contribution in [3.8, 4) is 5.75 Å². The average Bonchev–Trinajstić information content (AvgIpc) is 2.78. The van der Waals surface area contributed by atoms with Crippen molar-refractivity contribution >= 4 is 27.5 Å². The monoisotopic (exact) mass is 473 g/mol. The van der Waals surface area contributed by atoms with Crippen LogP contribution in [0.15, 0.2) is 47.4 Å². The quantitative estimate of drug-likeness (QED) is 0.602. The first kappa shape index (κ1) is 24.7. The number of carbonyl (C=O) groups is 2. The van der Waals surface area contributed by atoms with Crippen LogP contribution in [0.2, 0.25) is 0 Å². The first-order valence-corrected chi connectivity index (χ1v) is 12.5. The molecular weight excluding hydrogens is 442 g/mol. The lowest BCUT2D eigenvalue weighted by atomic mass is 10.0. The van der Waals surface area contributed by atoms with E-state index in [0.29, 0.717) is 30.8 Å². The Labute approximate surface area is 195 Å². The van der Waals surface area contributed by atoms with E-state index >= 15 is 0 Å². The average molecular weight is 474 g/mol. The first-order chi connectivity index (χ1) is 15.7. The van der Waals surface area contributed by atoms with Gasteiger partial charge in [0.05, 0.1) is 12.0 Å². The van der Waals surface area contributed by atoms with Crippen LogP contribution in [0.4, 0.5) is 5.69 Å². The summed E-state index contributed by atoms with van der Waals surface area (Å²) in [6, 6.07) is 11.7. The minimum absolute atomic E-state index is 0.207. The lowest BCUT2D eigenvalue weighted by molar-refractivity contribution is -0.136. The fourth-order valence-electron chi connectivity index (χ4n) is 4.13. The van der Waals surface area contributed by atoms with Crippen molar-refractivity contribution < 1.29 is 22.7 Å². The molecule has 0 spiro atoms. The van der Waals surface area contributed by atoms with Crippen molar-refractivity contribution in [2.24, 2.45) is 0 Å². The van der Waals surface area contributed by atoms with Crippen LogP contribution in [0, 0.1) is 13.8 Å². The summed E-state index contributed by atoms with van der Waals surface area (Å²) in [4.78, 5) is 24.7. The number of piperidine rings is 1. The van der Waals surface area contributed by atoms with Gasteiger partial charge in [0.1, 0.15) is 5.75 Å². The molecular formula is C24H31N3O5S. The van der Waals surface area contributed by atoms with Crippen LogP contribution in [-0.2, 0) is 19.6 Å². The van der Waals surface area contributed by atoms with Gasteiger partial charge in [-0.3, -0.25) is 9.59 Å². The van der Waals surface area contributed by atoms with Gasteiger partial charge in [0.15, 0.2) is 0 Å². The van der Waals surface area contributed by atoms with Crippen LogP contribution >= 0.6 is 0 Å². The summed E-state index contributed by atoms with van der Waals surface area (Å²) in [5, 5.41) is 5.23. The van der Waals surface area contributed by atoms with Gasteiger partial charge in [-0.05, 0) is 80.6 Å². The molecule has 0 aliphatic carbocycles. The van der Waals surface area contributed by atoms with E-state index in [0.717, 1.165) is 24.0 Å². The highest BCUT2D eigenvalue weighted by atomic mass is 32.2. The molecule has 33 heavy (non-hydrogen) atoms. The number of amides is 2. The van der Waals surface area contributed by atoms with Crippen molar-refractivity contribution in [3.05, 3.63) is 53.6 Å². The van der Waals surface area contributed by atoms with Crippen LogP contribution in [0.25, 0.3) is 0 Å². The molecule has 2 aromatic rings. The molecule has 3 rings (SSSR count). The van der Waals surface area contributed by atoms with Crippen molar-refractivity contribution in [2.75, 3.05) is 25.5 Å². The van der Waals surface area contributed by atoms with Gasteiger partial charge in [0.25, 0.3) is 0 Å². The SMILES string of the molecule is COc1ccc(S(=O)(=O)N2CCCC[C@H]2CCNC(=O)C(=O)Nc2cc(C)cc(C)c2)cc1. The maximum Gasteiger partial charge on any atom is 0.313 e. The first-order valence-electron chi connectivity index (χ1n) is 11.0. The smallest absolute Gasteiger partial charge is 0.313 e. The van der Waals surface area contributed by atoms with Crippen LogP contribution in [0.5, 0.6) is 5.75 Å². The van der Waals surface area contributed by atoms with E-state index in [1.165, 1.54) is 11.4 Å². The van der Waals surface area contributed by atoms with Gasteiger partial charge in [-0.25, -0.2) is 8.42 Å². The van der Waals surface area contributed by atoms with Gasteiger partial charge in [0, 0.05) is 24.8 Å².